The second-order valence-corrected chi connectivity index (χ2v) is 5.34. The van der Waals surface area contributed by atoms with Gasteiger partial charge in [0.25, 0.3) is 0 Å². The zero-order valence-electron chi connectivity index (χ0n) is 13.1. The predicted molar refractivity (Wildman–Crippen MR) is 82.7 cm³/mol. The normalized spacial score (nSPS) is 11.3. The van der Waals surface area contributed by atoms with Crippen LogP contribution in [0.2, 0.25) is 0 Å². The Balaban J connectivity index is 2.98. The Bertz CT molecular complexity index is 383. The van der Waals surface area contributed by atoms with Gasteiger partial charge in [-0.25, -0.2) is 4.68 Å². The molecule has 0 atom stereocenters. The fourth-order valence-corrected chi connectivity index (χ4v) is 2.20. The van der Waals surface area contributed by atoms with Crippen molar-refractivity contribution in [1.29, 1.82) is 0 Å². The number of aromatic nitrogens is 2. The fraction of sp³-hybridized carbons (Fsp3) is 0.786. The number of aryl methyl sites for hydroxylation is 2. The molecule has 0 aromatic carbocycles. The van der Waals surface area contributed by atoms with E-state index in [0.29, 0.717) is 0 Å². The molecular formula is C14H29N5. The topological polar surface area (TPSA) is 50.3 Å². The lowest BCUT2D eigenvalue weighted by atomic mass is 10.3. The van der Waals surface area contributed by atoms with Gasteiger partial charge in [0.15, 0.2) is 5.82 Å². The second kappa shape index (κ2) is 7.38. The SMILES string of the molecule is CCCN(CCN(C)C)c1c(N)c(C)nn1CCC. The molecule has 0 aliphatic rings. The van der Waals surface area contributed by atoms with Crippen LogP contribution in [-0.4, -0.2) is 48.4 Å². The molecule has 0 radical (unpaired) electrons. The summed E-state index contributed by atoms with van der Waals surface area (Å²) in [6.07, 6.45) is 2.18. The van der Waals surface area contributed by atoms with Crippen LogP contribution in [0.5, 0.6) is 0 Å². The number of anilines is 2. The molecule has 1 rings (SSSR count). The van der Waals surface area contributed by atoms with Gasteiger partial charge in [0.2, 0.25) is 0 Å². The van der Waals surface area contributed by atoms with Crippen LogP contribution in [-0.2, 0) is 6.54 Å². The summed E-state index contributed by atoms with van der Waals surface area (Å²) in [6.45, 7) is 10.3. The van der Waals surface area contributed by atoms with E-state index < -0.39 is 0 Å². The first kappa shape index (κ1) is 15.8. The third kappa shape index (κ3) is 4.13. The van der Waals surface area contributed by atoms with Crippen molar-refractivity contribution < 1.29 is 0 Å². The van der Waals surface area contributed by atoms with Gasteiger partial charge in [-0.2, -0.15) is 5.10 Å². The average molecular weight is 267 g/mol. The number of rotatable bonds is 8. The molecule has 0 fully saturated rings. The number of hydrogen-bond acceptors (Lipinski definition) is 4. The van der Waals surface area contributed by atoms with Crippen LogP contribution in [0.4, 0.5) is 11.5 Å². The largest absolute Gasteiger partial charge is 0.394 e. The summed E-state index contributed by atoms with van der Waals surface area (Å²) in [5.74, 6) is 1.10. The van der Waals surface area contributed by atoms with Crippen molar-refractivity contribution in [3.05, 3.63) is 5.69 Å². The summed E-state index contributed by atoms with van der Waals surface area (Å²) in [5.41, 5.74) is 8.01. The number of nitrogen functional groups attached to an aromatic ring is 1. The van der Waals surface area contributed by atoms with Crippen LogP contribution < -0.4 is 10.6 Å². The first-order valence-electron chi connectivity index (χ1n) is 7.23. The van der Waals surface area contributed by atoms with Crippen LogP contribution in [0.25, 0.3) is 0 Å². The molecule has 0 unspecified atom stereocenters. The molecule has 110 valence electrons. The Morgan fingerprint density at radius 1 is 1.11 bits per heavy atom. The highest BCUT2D eigenvalue weighted by molar-refractivity contribution is 5.66. The molecule has 5 heteroatoms. The van der Waals surface area contributed by atoms with Gasteiger partial charge in [-0.1, -0.05) is 13.8 Å². The van der Waals surface area contributed by atoms with Crippen molar-refractivity contribution in [3.63, 3.8) is 0 Å². The molecule has 0 aliphatic heterocycles. The van der Waals surface area contributed by atoms with E-state index in [1.807, 2.05) is 6.92 Å². The summed E-state index contributed by atoms with van der Waals surface area (Å²) in [7, 11) is 4.20. The third-order valence-corrected chi connectivity index (χ3v) is 3.19. The quantitative estimate of drug-likeness (QED) is 0.782. The van der Waals surface area contributed by atoms with Crippen molar-refractivity contribution in [3.8, 4) is 0 Å². The van der Waals surface area contributed by atoms with Crippen LogP contribution in [0, 0.1) is 6.92 Å². The molecule has 0 amide bonds. The van der Waals surface area contributed by atoms with E-state index in [0.717, 1.165) is 56.2 Å². The highest BCUT2D eigenvalue weighted by atomic mass is 15.4. The Morgan fingerprint density at radius 2 is 1.79 bits per heavy atom. The van der Waals surface area contributed by atoms with Gasteiger partial charge in [-0.05, 0) is 33.9 Å². The van der Waals surface area contributed by atoms with Gasteiger partial charge in [0.1, 0.15) is 0 Å². The lowest BCUT2D eigenvalue weighted by Crippen LogP contribution is -2.34. The standard InChI is InChI=1S/C14H29N5/c1-6-8-18(11-10-17(4)5)14-13(15)12(3)16-19(14)9-7-2/h6-11,15H2,1-5H3. The molecule has 0 saturated carbocycles. The minimum Gasteiger partial charge on any atom is -0.394 e. The molecule has 0 bridgehead atoms. The summed E-state index contributed by atoms with van der Waals surface area (Å²) < 4.78 is 2.07. The Kier molecular flexibility index (Phi) is 6.15. The minimum absolute atomic E-state index is 0.834. The number of likely N-dealkylation sites (N-methyl/N-ethyl adjacent to an activating group) is 1. The lowest BCUT2D eigenvalue weighted by Gasteiger charge is -2.27. The van der Waals surface area contributed by atoms with Crippen LogP contribution in [0.3, 0.4) is 0 Å². The molecule has 5 nitrogen and oxygen atoms in total. The van der Waals surface area contributed by atoms with Gasteiger partial charge < -0.3 is 15.5 Å². The molecule has 19 heavy (non-hydrogen) atoms. The maximum atomic E-state index is 6.23. The number of hydrogen-bond donors (Lipinski definition) is 1. The van der Waals surface area contributed by atoms with E-state index in [4.69, 9.17) is 5.73 Å². The maximum absolute atomic E-state index is 6.23. The van der Waals surface area contributed by atoms with E-state index in [1.165, 1.54) is 0 Å². The van der Waals surface area contributed by atoms with Crippen molar-refractivity contribution in [2.45, 2.75) is 40.2 Å². The summed E-state index contributed by atoms with van der Waals surface area (Å²) in [5, 5.41) is 4.57. The molecule has 0 spiro atoms. The first-order valence-corrected chi connectivity index (χ1v) is 7.23. The van der Waals surface area contributed by atoms with E-state index in [9.17, 15) is 0 Å². The smallest absolute Gasteiger partial charge is 0.150 e. The lowest BCUT2D eigenvalue weighted by molar-refractivity contribution is 0.410. The summed E-state index contributed by atoms with van der Waals surface area (Å²) >= 11 is 0. The van der Waals surface area contributed by atoms with E-state index >= 15 is 0 Å². The highest BCUT2D eigenvalue weighted by Gasteiger charge is 2.18. The zero-order chi connectivity index (χ0) is 14.4. The summed E-state index contributed by atoms with van der Waals surface area (Å²) in [6, 6.07) is 0. The molecule has 1 aromatic heterocycles. The molecule has 1 heterocycles. The van der Waals surface area contributed by atoms with E-state index in [-0.39, 0.29) is 0 Å². The Hall–Kier alpha value is -1.23. The minimum atomic E-state index is 0.834. The van der Waals surface area contributed by atoms with Gasteiger partial charge in [-0.3, -0.25) is 0 Å². The maximum Gasteiger partial charge on any atom is 0.150 e. The average Bonchev–Trinajstić information content (AvgIpc) is 2.61. The Labute approximate surface area is 117 Å². The van der Waals surface area contributed by atoms with Crippen LogP contribution >= 0.6 is 0 Å². The fourth-order valence-electron chi connectivity index (χ4n) is 2.20. The monoisotopic (exact) mass is 267 g/mol. The van der Waals surface area contributed by atoms with Crippen LogP contribution in [0.15, 0.2) is 0 Å². The zero-order valence-corrected chi connectivity index (χ0v) is 13.1. The van der Waals surface area contributed by atoms with Gasteiger partial charge >= 0.3 is 0 Å². The predicted octanol–water partition coefficient (Wildman–Crippen LogP) is 1.96. The van der Waals surface area contributed by atoms with Crippen molar-refractivity contribution >= 4 is 11.5 Å². The van der Waals surface area contributed by atoms with E-state index in [2.05, 4.69) is 47.5 Å². The molecular weight excluding hydrogens is 238 g/mol. The number of nitrogens with zero attached hydrogens (tertiary/aromatic N) is 4. The molecule has 2 N–H and O–H groups in total. The van der Waals surface area contributed by atoms with E-state index in [1.54, 1.807) is 0 Å². The molecule has 0 saturated heterocycles. The van der Waals surface area contributed by atoms with Gasteiger partial charge in [0, 0.05) is 26.2 Å². The molecule has 1 aromatic rings. The van der Waals surface area contributed by atoms with Crippen molar-refractivity contribution in [2.24, 2.45) is 0 Å². The third-order valence-electron chi connectivity index (χ3n) is 3.19. The van der Waals surface area contributed by atoms with Crippen LogP contribution in [0.1, 0.15) is 32.4 Å². The second-order valence-electron chi connectivity index (χ2n) is 5.34. The number of nitrogens with two attached hydrogens (primary N) is 1. The molecule has 0 aliphatic carbocycles. The van der Waals surface area contributed by atoms with Gasteiger partial charge in [-0.15, -0.1) is 0 Å². The summed E-state index contributed by atoms with van der Waals surface area (Å²) in [4.78, 5) is 4.57. The first-order chi connectivity index (χ1) is 9.01. The van der Waals surface area contributed by atoms with Gasteiger partial charge in [0.05, 0.1) is 11.4 Å². The Morgan fingerprint density at radius 3 is 2.32 bits per heavy atom. The highest BCUT2D eigenvalue weighted by Crippen LogP contribution is 2.26. The van der Waals surface area contributed by atoms with Crippen molar-refractivity contribution in [1.82, 2.24) is 14.7 Å². The van der Waals surface area contributed by atoms with Crippen molar-refractivity contribution in [2.75, 3.05) is 44.4 Å².